The van der Waals surface area contributed by atoms with E-state index in [1.807, 2.05) is 25.3 Å². The zero-order chi connectivity index (χ0) is 16.9. The second-order valence-electron chi connectivity index (χ2n) is 6.29. The summed E-state index contributed by atoms with van der Waals surface area (Å²) in [5.41, 5.74) is 2.93. The molecule has 2 aromatic heterocycles. The Labute approximate surface area is 142 Å². The quantitative estimate of drug-likeness (QED) is 0.906. The molecule has 0 aromatic carbocycles. The number of anilines is 1. The van der Waals surface area contributed by atoms with Crippen molar-refractivity contribution in [1.29, 1.82) is 0 Å². The van der Waals surface area contributed by atoms with Crippen LogP contribution in [0.5, 0.6) is 0 Å². The molecule has 2 atom stereocenters. The summed E-state index contributed by atoms with van der Waals surface area (Å²) in [4.78, 5) is 22.8. The van der Waals surface area contributed by atoms with Crippen molar-refractivity contribution in [3.63, 3.8) is 0 Å². The molecule has 2 amide bonds. The minimum absolute atomic E-state index is 0.189. The van der Waals surface area contributed by atoms with Crippen LogP contribution in [-0.4, -0.2) is 41.0 Å². The maximum atomic E-state index is 12.2. The predicted molar refractivity (Wildman–Crippen MR) is 93.7 cm³/mol. The molecule has 0 saturated carbocycles. The third-order valence-corrected chi connectivity index (χ3v) is 4.61. The molecular weight excluding hydrogens is 302 g/mol. The van der Waals surface area contributed by atoms with E-state index in [1.165, 1.54) is 5.56 Å². The molecule has 6 nitrogen and oxygen atoms in total. The normalized spacial score (nSPS) is 20.8. The van der Waals surface area contributed by atoms with Crippen molar-refractivity contribution in [2.75, 3.05) is 25.5 Å². The number of aromatic nitrogens is 2. The fourth-order valence-corrected chi connectivity index (χ4v) is 3.30. The van der Waals surface area contributed by atoms with Crippen molar-refractivity contribution in [3.05, 3.63) is 54.1 Å². The molecule has 0 aliphatic carbocycles. The number of urea groups is 1. The number of rotatable bonds is 4. The molecule has 3 rings (SSSR count). The van der Waals surface area contributed by atoms with Gasteiger partial charge in [-0.15, -0.1) is 0 Å². The van der Waals surface area contributed by atoms with Crippen LogP contribution >= 0.6 is 0 Å². The lowest BCUT2D eigenvalue weighted by Crippen LogP contribution is -2.35. The zero-order valence-electron chi connectivity index (χ0n) is 14.1. The lowest BCUT2D eigenvalue weighted by molar-refractivity contribution is 0.243. The third kappa shape index (κ3) is 3.71. The van der Waals surface area contributed by atoms with Gasteiger partial charge in [-0.25, -0.2) is 4.79 Å². The van der Waals surface area contributed by atoms with E-state index in [9.17, 15) is 4.79 Å². The number of carbonyl (C=O) groups is 1. The Hall–Kier alpha value is -2.47. The van der Waals surface area contributed by atoms with Crippen LogP contribution in [0.15, 0.2) is 43.0 Å². The molecule has 2 N–H and O–H groups in total. The second-order valence-corrected chi connectivity index (χ2v) is 6.29. The van der Waals surface area contributed by atoms with Crippen molar-refractivity contribution < 1.29 is 4.79 Å². The second kappa shape index (κ2) is 7.40. The van der Waals surface area contributed by atoms with Gasteiger partial charge in [-0.1, -0.05) is 6.07 Å². The SMILES string of the molecule is Cc1ccncc1NC(=O)NC[C@@H]1CCN(C)[C@H]1c1cccnc1. The van der Waals surface area contributed by atoms with Crippen LogP contribution in [0.2, 0.25) is 0 Å². The number of pyridine rings is 2. The standard InChI is InChI=1S/C18H23N5O/c1-13-5-8-20-12-16(13)22-18(24)21-11-15-6-9-23(2)17(15)14-4-3-7-19-10-14/h3-5,7-8,10,12,15,17H,6,9,11H2,1-2H3,(H2,21,22,24)/t15-,17-/m0/s1. The summed E-state index contributed by atoms with van der Waals surface area (Å²) >= 11 is 0. The minimum Gasteiger partial charge on any atom is -0.338 e. The average molecular weight is 325 g/mol. The molecule has 0 bridgehead atoms. The van der Waals surface area contributed by atoms with Gasteiger partial charge in [-0.2, -0.15) is 0 Å². The Morgan fingerprint density at radius 3 is 2.88 bits per heavy atom. The van der Waals surface area contributed by atoms with Crippen LogP contribution < -0.4 is 10.6 Å². The van der Waals surface area contributed by atoms with E-state index in [-0.39, 0.29) is 6.03 Å². The Morgan fingerprint density at radius 2 is 2.12 bits per heavy atom. The molecule has 0 spiro atoms. The molecule has 1 fully saturated rings. The minimum atomic E-state index is -0.189. The predicted octanol–water partition coefficient (Wildman–Crippen LogP) is 2.60. The van der Waals surface area contributed by atoms with E-state index >= 15 is 0 Å². The van der Waals surface area contributed by atoms with Crippen molar-refractivity contribution in [2.24, 2.45) is 5.92 Å². The Morgan fingerprint density at radius 1 is 1.29 bits per heavy atom. The molecule has 0 unspecified atom stereocenters. The van der Waals surface area contributed by atoms with Crippen LogP contribution in [0.25, 0.3) is 0 Å². The first-order chi connectivity index (χ1) is 11.6. The molecule has 126 valence electrons. The highest BCUT2D eigenvalue weighted by atomic mass is 16.2. The highest BCUT2D eigenvalue weighted by Crippen LogP contribution is 2.35. The van der Waals surface area contributed by atoms with Gasteiger partial charge in [-0.3, -0.25) is 14.9 Å². The summed E-state index contributed by atoms with van der Waals surface area (Å²) in [6.45, 7) is 3.60. The highest BCUT2D eigenvalue weighted by Gasteiger charge is 2.33. The highest BCUT2D eigenvalue weighted by molar-refractivity contribution is 5.89. The zero-order valence-corrected chi connectivity index (χ0v) is 14.1. The fraction of sp³-hybridized carbons (Fsp3) is 0.389. The number of nitrogens with one attached hydrogen (secondary N) is 2. The van der Waals surface area contributed by atoms with Crippen LogP contribution in [-0.2, 0) is 0 Å². The topological polar surface area (TPSA) is 70.2 Å². The van der Waals surface area contributed by atoms with Crippen molar-refractivity contribution in [1.82, 2.24) is 20.2 Å². The lowest BCUT2D eigenvalue weighted by Gasteiger charge is -2.25. The van der Waals surface area contributed by atoms with Crippen molar-refractivity contribution >= 4 is 11.7 Å². The van der Waals surface area contributed by atoms with E-state index in [4.69, 9.17) is 0 Å². The van der Waals surface area contributed by atoms with E-state index in [0.29, 0.717) is 18.5 Å². The molecule has 1 saturated heterocycles. The van der Waals surface area contributed by atoms with E-state index in [2.05, 4.69) is 38.6 Å². The number of amides is 2. The van der Waals surface area contributed by atoms with Gasteiger partial charge in [0.25, 0.3) is 0 Å². The smallest absolute Gasteiger partial charge is 0.319 e. The molecule has 6 heteroatoms. The molecule has 24 heavy (non-hydrogen) atoms. The molecule has 2 aromatic rings. The molecule has 0 radical (unpaired) electrons. The van der Waals surface area contributed by atoms with Gasteiger partial charge in [0.2, 0.25) is 0 Å². The first kappa shape index (κ1) is 16.4. The summed E-state index contributed by atoms with van der Waals surface area (Å²) in [6.07, 6.45) is 8.14. The summed E-state index contributed by atoms with van der Waals surface area (Å²) in [5, 5.41) is 5.86. The maximum absolute atomic E-state index is 12.2. The van der Waals surface area contributed by atoms with E-state index in [0.717, 1.165) is 24.2 Å². The Kier molecular flexibility index (Phi) is 5.05. The van der Waals surface area contributed by atoms with Gasteiger partial charge in [0.15, 0.2) is 0 Å². The third-order valence-electron chi connectivity index (χ3n) is 4.61. The lowest BCUT2D eigenvalue weighted by atomic mass is 9.95. The fourth-order valence-electron chi connectivity index (χ4n) is 3.30. The van der Waals surface area contributed by atoms with Crippen LogP contribution in [0.4, 0.5) is 10.5 Å². The number of likely N-dealkylation sites (tertiary alicyclic amines) is 1. The average Bonchev–Trinajstić information content (AvgIpc) is 2.96. The molecule has 3 heterocycles. The summed E-state index contributed by atoms with van der Waals surface area (Å²) < 4.78 is 0. The Bertz CT molecular complexity index is 691. The number of hydrogen-bond donors (Lipinski definition) is 2. The van der Waals surface area contributed by atoms with Gasteiger partial charge in [-0.05, 0) is 56.1 Å². The van der Waals surface area contributed by atoms with Crippen molar-refractivity contribution in [2.45, 2.75) is 19.4 Å². The monoisotopic (exact) mass is 325 g/mol. The van der Waals surface area contributed by atoms with Gasteiger partial charge in [0.05, 0.1) is 11.9 Å². The Balaban J connectivity index is 1.59. The van der Waals surface area contributed by atoms with Crippen LogP contribution in [0, 0.1) is 12.8 Å². The van der Waals surface area contributed by atoms with Gasteiger partial charge in [0.1, 0.15) is 0 Å². The van der Waals surface area contributed by atoms with E-state index in [1.54, 1.807) is 18.6 Å². The molecular formula is C18H23N5O. The number of nitrogens with zero attached hydrogens (tertiary/aromatic N) is 3. The van der Waals surface area contributed by atoms with Gasteiger partial charge >= 0.3 is 6.03 Å². The molecule has 1 aliphatic rings. The summed E-state index contributed by atoms with van der Waals surface area (Å²) in [7, 11) is 2.12. The summed E-state index contributed by atoms with van der Waals surface area (Å²) in [5.74, 6) is 0.375. The summed E-state index contributed by atoms with van der Waals surface area (Å²) in [6, 6.07) is 6.04. The number of hydrogen-bond acceptors (Lipinski definition) is 4. The van der Waals surface area contributed by atoms with Gasteiger partial charge < -0.3 is 10.6 Å². The number of carbonyl (C=O) groups excluding carboxylic acids is 1. The largest absolute Gasteiger partial charge is 0.338 e. The maximum Gasteiger partial charge on any atom is 0.319 e. The van der Waals surface area contributed by atoms with Crippen LogP contribution in [0.1, 0.15) is 23.6 Å². The first-order valence-electron chi connectivity index (χ1n) is 8.21. The van der Waals surface area contributed by atoms with E-state index < -0.39 is 0 Å². The number of aryl methyl sites for hydroxylation is 1. The van der Waals surface area contributed by atoms with Crippen LogP contribution in [0.3, 0.4) is 0 Å². The first-order valence-corrected chi connectivity index (χ1v) is 8.21. The van der Waals surface area contributed by atoms with Crippen molar-refractivity contribution in [3.8, 4) is 0 Å². The van der Waals surface area contributed by atoms with Gasteiger partial charge in [0, 0.05) is 31.2 Å². The molecule has 1 aliphatic heterocycles.